The van der Waals surface area contributed by atoms with Crippen LogP contribution in [0, 0.1) is 6.92 Å². The van der Waals surface area contributed by atoms with Crippen molar-refractivity contribution in [1.82, 2.24) is 4.98 Å². The molecular weight excluding hydrogens is 185 g/mol. The lowest BCUT2D eigenvalue weighted by molar-refractivity contribution is 0.107. The molecule has 2 nitrogen and oxygen atoms in total. The summed E-state index contributed by atoms with van der Waals surface area (Å²) in [5, 5.41) is -0.0311. The van der Waals surface area contributed by atoms with Crippen LogP contribution in [-0.4, -0.2) is 10.2 Å². The van der Waals surface area contributed by atoms with Crippen molar-refractivity contribution in [3.8, 4) is 0 Å². The molecule has 11 heavy (non-hydrogen) atoms. The average molecular weight is 190 g/mol. The first-order valence-corrected chi connectivity index (χ1v) is 3.70. The van der Waals surface area contributed by atoms with Gasteiger partial charge in [-0.05, 0) is 30.7 Å². The molecule has 4 heteroatoms. The van der Waals surface area contributed by atoms with Crippen LogP contribution in [-0.2, 0) is 0 Å². The summed E-state index contributed by atoms with van der Waals surface area (Å²) in [6.07, 6.45) is 0. The molecule has 1 heterocycles. The maximum Gasteiger partial charge on any atom is 0.270 e. The second-order valence-corrected chi connectivity index (χ2v) is 2.79. The van der Waals surface area contributed by atoms with Gasteiger partial charge in [0.15, 0.2) is 0 Å². The van der Waals surface area contributed by atoms with Gasteiger partial charge in [-0.1, -0.05) is 11.6 Å². The largest absolute Gasteiger partial charge is 0.274 e. The van der Waals surface area contributed by atoms with Crippen molar-refractivity contribution in [2.24, 2.45) is 0 Å². The molecule has 1 aromatic rings. The van der Waals surface area contributed by atoms with Crippen LogP contribution in [0.25, 0.3) is 0 Å². The molecule has 0 unspecified atom stereocenters. The number of aromatic nitrogens is 1. The Morgan fingerprint density at radius 3 is 2.64 bits per heavy atom. The highest BCUT2D eigenvalue weighted by Gasteiger charge is 2.04. The Bertz CT molecular complexity index is 298. The minimum Gasteiger partial charge on any atom is -0.274 e. The zero-order chi connectivity index (χ0) is 8.43. The minimum absolute atomic E-state index is 0.230. The SMILES string of the molecule is Cc1nc(C(=O)Cl)ccc1Cl. The molecule has 0 saturated carbocycles. The van der Waals surface area contributed by atoms with Gasteiger partial charge in [-0.3, -0.25) is 4.79 Å². The summed E-state index contributed by atoms with van der Waals surface area (Å²) in [4.78, 5) is 14.4. The number of carbonyl (C=O) groups excluding carboxylic acids is 1. The second-order valence-electron chi connectivity index (χ2n) is 2.04. The van der Waals surface area contributed by atoms with Crippen LogP contribution in [0.5, 0.6) is 0 Å². The molecule has 0 amide bonds. The summed E-state index contributed by atoms with van der Waals surface area (Å²) in [6, 6.07) is 3.09. The number of halogens is 2. The average Bonchev–Trinajstić information content (AvgIpc) is 1.94. The summed E-state index contributed by atoms with van der Waals surface area (Å²) >= 11 is 10.9. The lowest BCUT2D eigenvalue weighted by Gasteiger charge is -1.96. The predicted octanol–water partition coefficient (Wildman–Crippen LogP) is 2.42. The van der Waals surface area contributed by atoms with Gasteiger partial charge >= 0.3 is 0 Å². The minimum atomic E-state index is -0.565. The first-order valence-electron chi connectivity index (χ1n) is 2.94. The second kappa shape index (κ2) is 3.20. The highest BCUT2D eigenvalue weighted by molar-refractivity contribution is 6.67. The number of rotatable bonds is 1. The quantitative estimate of drug-likeness (QED) is 0.636. The molecule has 58 valence electrons. The zero-order valence-electron chi connectivity index (χ0n) is 5.77. The predicted molar refractivity (Wildman–Crippen MR) is 44.2 cm³/mol. The number of hydrogen-bond donors (Lipinski definition) is 0. The Balaban J connectivity index is 3.15. The topological polar surface area (TPSA) is 30.0 Å². The summed E-state index contributed by atoms with van der Waals surface area (Å²) in [5.41, 5.74) is 0.840. The van der Waals surface area contributed by atoms with Gasteiger partial charge in [0.05, 0.1) is 10.7 Å². The van der Waals surface area contributed by atoms with E-state index in [0.717, 1.165) is 0 Å². The molecule has 1 aromatic heterocycles. The Kier molecular flexibility index (Phi) is 2.47. The van der Waals surface area contributed by atoms with E-state index in [1.165, 1.54) is 6.07 Å². The summed E-state index contributed by atoms with van der Waals surface area (Å²) in [5.74, 6) is 0. The van der Waals surface area contributed by atoms with E-state index < -0.39 is 5.24 Å². The molecule has 0 atom stereocenters. The number of aryl methyl sites for hydroxylation is 1. The highest BCUT2D eigenvalue weighted by atomic mass is 35.5. The van der Waals surface area contributed by atoms with Gasteiger partial charge in [0.1, 0.15) is 5.69 Å². The molecule has 0 fully saturated rings. The van der Waals surface area contributed by atoms with Gasteiger partial charge in [0.2, 0.25) is 0 Å². The molecule has 0 radical (unpaired) electrons. The third kappa shape index (κ3) is 1.91. The molecular formula is C7H5Cl2NO. The van der Waals surface area contributed by atoms with Crippen LogP contribution < -0.4 is 0 Å². The Morgan fingerprint density at radius 1 is 1.55 bits per heavy atom. The lowest BCUT2D eigenvalue weighted by Crippen LogP contribution is -1.95. The Labute approximate surface area is 74.1 Å². The molecule has 0 N–H and O–H groups in total. The maximum absolute atomic E-state index is 10.6. The van der Waals surface area contributed by atoms with Crippen LogP contribution in [0.4, 0.5) is 0 Å². The van der Waals surface area contributed by atoms with E-state index in [2.05, 4.69) is 4.98 Å². The molecule has 0 spiro atoms. The van der Waals surface area contributed by atoms with Crippen molar-refractivity contribution in [3.05, 3.63) is 28.5 Å². The molecule has 0 saturated heterocycles. The first-order chi connectivity index (χ1) is 5.11. The fraction of sp³-hybridized carbons (Fsp3) is 0.143. The van der Waals surface area contributed by atoms with Crippen molar-refractivity contribution in [1.29, 1.82) is 0 Å². The molecule has 1 rings (SSSR count). The summed E-state index contributed by atoms with van der Waals surface area (Å²) < 4.78 is 0. The van der Waals surface area contributed by atoms with E-state index in [1.807, 2.05) is 0 Å². The number of carbonyl (C=O) groups is 1. The van der Waals surface area contributed by atoms with Crippen molar-refractivity contribution >= 4 is 28.4 Å². The monoisotopic (exact) mass is 189 g/mol. The van der Waals surface area contributed by atoms with E-state index in [0.29, 0.717) is 10.7 Å². The molecule has 0 aliphatic carbocycles. The van der Waals surface area contributed by atoms with E-state index in [-0.39, 0.29) is 5.69 Å². The van der Waals surface area contributed by atoms with Gasteiger partial charge in [-0.25, -0.2) is 4.98 Å². The van der Waals surface area contributed by atoms with E-state index in [1.54, 1.807) is 13.0 Å². The van der Waals surface area contributed by atoms with Gasteiger partial charge in [0, 0.05) is 0 Å². The van der Waals surface area contributed by atoms with E-state index >= 15 is 0 Å². The van der Waals surface area contributed by atoms with Gasteiger partial charge < -0.3 is 0 Å². The fourth-order valence-electron chi connectivity index (χ4n) is 0.654. The van der Waals surface area contributed by atoms with Crippen LogP contribution in [0.2, 0.25) is 5.02 Å². The Morgan fingerprint density at radius 2 is 2.18 bits per heavy atom. The number of hydrogen-bond acceptors (Lipinski definition) is 2. The van der Waals surface area contributed by atoms with Crippen molar-refractivity contribution < 1.29 is 4.79 Å². The van der Waals surface area contributed by atoms with Crippen molar-refractivity contribution in [2.75, 3.05) is 0 Å². The van der Waals surface area contributed by atoms with Crippen molar-refractivity contribution in [3.63, 3.8) is 0 Å². The fourth-order valence-corrected chi connectivity index (χ4v) is 0.864. The van der Waals surface area contributed by atoms with Gasteiger partial charge in [-0.2, -0.15) is 0 Å². The first kappa shape index (κ1) is 8.50. The normalized spacial score (nSPS) is 9.73. The standard InChI is InChI=1S/C7H5Cl2NO/c1-4-5(8)2-3-6(10-4)7(9)11/h2-3H,1H3. The number of nitrogens with zero attached hydrogens (tertiary/aromatic N) is 1. The maximum atomic E-state index is 10.6. The van der Waals surface area contributed by atoms with Crippen LogP contribution in [0.1, 0.15) is 16.2 Å². The Hall–Kier alpha value is -0.600. The smallest absolute Gasteiger partial charge is 0.270 e. The third-order valence-electron chi connectivity index (χ3n) is 1.22. The van der Waals surface area contributed by atoms with Crippen LogP contribution >= 0.6 is 23.2 Å². The lowest BCUT2D eigenvalue weighted by atomic mass is 10.3. The van der Waals surface area contributed by atoms with E-state index in [4.69, 9.17) is 23.2 Å². The summed E-state index contributed by atoms with van der Waals surface area (Å²) in [6.45, 7) is 1.71. The van der Waals surface area contributed by atoms with Crippen LogP contribution in [0.3, 0.4) is 0 Å². The third-order valence-corrected chi connectivity index (χ3v) is 1.82. The van der Waals surface area contributed by atoms with Gasteiger partial charge in [-0.15, -0.1) is 0 Å². The summed E-state index contributed by atoms with van der Waals surface area (Å²) in [7, 11) is 0. The molecule has 0 bridgehead atoms. The highest BCUT2D eigenvalue weighted by Crippen LogP contribution is 2.13. The van der Waals surface area contributed by atoms with E-state index in [9.17, 15) is 4.79 Å². The number of pyridine rings is 1. The molecule has 0 aliphatic heterocycles. The van der Waals surface area contributed by atoms with Gasteiger partial charge in [0.25, 0.3) is 5.24 Å². The molecule has 0 aromatic carbocycles. The van der Waals surface area contributed by atoms with Crippen molar-refractivity contribution in [2.45, 2.75) is 6.92 Å². The molecule has 0 aliphatic rings. The van der Waals surface area contributed by atoms with Crippen LogP contribution in [0.15, 0.2) is 12.1 Å². The zero-order valence-corrected chi connectivity index (χ0v) is 7.28.